The molecule has 0 aromatic carbocycles. The largest absolute Gasteiger partial charge is 0.383 e. The number of piperidine rings is 1. The van der Waals surface area contributed by atoms with Crippen LogP contribution in [0.5, 0.6) is 0 Å². The molecule has 1 unspecified atom stereocenters. The van der Waals surface area contributed by atoms with Gasteiger partial charge < -0.3 is 15.4 Å². The molecule has 112 valence electrons. The second kappa shape index (κ2) is 9.28. The molecule has 1 aliphatic heterocycles. The molecule has 5 heteroatoms. The normalized spacial score (nSPS) is 19.3. The summed E-state index contributed by atoms with van der Waals surface area (Å²) in [5, 5.41) is 6.32. The first-order chi connectivity index (χ1) is 9.19. The molecule has 1 saturated heterocycles. The summed E-state index contributed by atoms with van der Waals surface area (Å²) in [7, 11) is 1.64. The third kappa shape index (κ3) is 5.89. The van der Waals surface area contributed by atoms with Crippen molar-refractivity contribution in [2.75, 3.05) is 46.4 Å². The number of methoxy groups -OCH3 is 1. The Morgan fingerprint density at radius 3 is 2.68 bits per heavy atom. The van der Waals surface area contributed by atoms with E-state index >= 15 is 0 Å². The number of nitrogens with zero attached hydrogens (tertiary/aromatic N) is 1. The Bertz CT molecular complexity index is 253. The lowest BCUT2D eigenvalue weighted by Gasteiger charge is -2.35. The number of nitrogens with one attached hydrogen (secondary N) is 2. The molecule has 1 amide bonds. The van der Waals surface area contributed by atoms with Crippen LogP contribution in [0.1, 0.15) is 26.7 Å². The molecule has 1 aliphatic rings. The van der Waals surface area contributed by atoms with E-state index in [2.05, 4.69) is 22.5 Å². The van der Waals surface area contributed by atoms with E-state index in [9.17, 15) is 4.79 Å². The third-order valence-corrected chi connectivity index (χ3v) is 3.86. The summed E-state index contributed by atoms with van der Waals surface area (Å²) < 4.78 is 4.93. The number of hydrogen-bond acceptors (Lipinski definition) is 4. The third-order valence-electron chi connectivity index (χ3n) is 3.86. The predicted octanol–water partition coefficient (Wildman–Crippen LogP) is 0.459. The lowest BCUT2D eigenvalue weighted by Crippen LogP contribution is -2.49. The Labute approximate surface area is 117 Å². The number of ether oxygens (including phenoxy) is 1. The highest BCUT2D eigenvalue weighted by Gasteiger charge is 2.25. The van der Waals surface area contributed by atoms with Crippen LogP contribution in [0, 0.1) is 5.92 Å². The van der Waals surface area contributed by atoms with Crippen LogP contribution in [-0.2, 0) is 9.53 Å². The molecular formula is C14H29N3O2. The van der Waals surface area contributed by atoms with Crippen LogP contribution in [-0.4, -0.2) is 63.3 Å². The van der Waals surface area contributed by atoms with E-state index in [1.165, 1.54) is 12.8 Å². The first-order valence-electron chi connectivity index (χ1n) is 7.40. The number of amides is 1. The Kier molecular flexibility index (Phi) is 8.02. The summed E-state index contributed by atoms with van der Waals surface area (Å²) in [6, 6.07) is -0.0306. The highest BCUT2D eigenvalue weighted by atomic mass is 16.5. The Morgan fingerprint density at radius 2 is 2.11 bits per heavy atom. The van der Waals surface area contributed by atoms with Crippen molar-refractivity contribution < 1.29 is 9.53 Å². The number of likely N-dealkylation sites (tertiary alicyclic amines) is 1. The van der Waals surface area contributed by atoms with E-state index in [-0.39, 0.29) is 11.9 Å². The van der Waals surface area contributed by atoms with Crippen LogP contribution in [0.15, 0.2) is 0 Å². The van der Waals surface area contributed by atoms with Crippen molar-refractivity contribution in [2.24, 2.45) is 5.92 Å². The van der Waals surface area contributed by atoms with Crippen molar-refractivity contribution in [3.8, 4) is 0 Å². The van der Waals surface area contributed by atoms with Gasteiger partial charge in [0.05, 0.1) is 12.6 Å². The second-order valence-corrected chi connectivity index (χ2v) is 5.25. The Balaban J connectivity index is 2.23. The molecule has 0 saturated carbocycles. The molecule has 0 aromatic heterocycles. The molecule has 1 fully saturated rings. The number of carbonyl (C=O) groups excluding carboxylic acids is 1. The maximum Gasteiger partial charge on any atom is 0.237 e. The van der Waals surface area contributed by atoms with Gasteiger partial charge in [-0.2, -0.15) is 0 Å². The van der Waals surface area contributed by atoms with E-state index in [1.54, 1.807) is 7.11 Å². The molecule has 1 atom stereocenters. The lowest BCUT2D eigenvalue weighted by atomic mass is 9.95. The van der Waals surface area contributed by atoms with Gasteiger partial charge in [0.2, 0.25) is 5.91 Å². The lowest BCUT2D eigenvalue weighted by molar-refractivity contribution is -0.126. The summed E-state index contributed by atoms with van der Waals surface area (Å²) >= 11 is 0. The maximum atomic E-state index is 11.9. The SMILES string of the molecule is CCNCC1CCN(C(C)C(=O)NCCOC)CC1. The average molecular weight is 271 g/mol. The molecule has 1 heterocycles. The summed E-state index contributed by atoms with van der Waals surface area (Å²) in [4.78, 5) is 14.2. The molecule has 5 nitrogen and oxygen atoms in total. The van der Waals surface area contributed by atoms with Gasteiger partial charge in [0.15, 0.2) is 0 Å². The van der Waals surface area contributed by atoms with Gasteiger partial charge in [-0.3, -0.25) is 9.69 Å². The summed E-state index contributed by atoms with van der Waals surface area (Å²) in [6.45, 7) is 9.50. The summed E-state index contributed by atoms with van der Waals surface area (Å²) in [5.74, 6) is 0.877. The van der Waals surface area contributed by atoms with Gasteiger partial charge in [0, 0.05) is 13.7 Å². The quantitative estimate of drug-likeness (QED) is 0.630. The van der Waals surface area contributed by atoms with Crippen LogP contribution < -0.4 is 10.6 Å². The van der Waals surface area contributed by atoms with Crippen molar-refractivity contribution in [1.82, 2.24) is 15.5 Å². The standard InChI is InChI=1S/C14H29N3O2/c1-4-15-11-13-5-8-17(9-6-13)12(2)14(18)16-7-10-19-3/h12-13,15H,4-11H2,1-3H3,(H,16,18). The van der Waals surface area contributed by atoms with E-state index in [0.29, 0.717) is 13.2 Å². The number of hydrogen-bond donors (Lipinski definition) is 2. The highest BCUT2D eigenvalue weighted by molar-refractivity contribution is 5.81. The van der Waals surface area contributed by atoms with Gasteiger partial charge in [0.1, 0.15) is 0 Å². The van der Waals surface area contributed by atoms with Gasteiger partial charge in [-0.1, -0.05) is 6.92 Å². The Morgan fingerprint density at radius 1 is 1.42 bits per heavy atom. The molecule has 1 rings (SSSR count). The topological polar surface area (TPSA) is 53.6 Å². The first kappa shape index (κ1) is 16.4. The Hall–Kier alpha value is -0.650. The molecule has 0 radical (unpaired) electrons. The van der Waals surface area contributed by atoms with Crippen LogP contribution in [0.3, 0.4) is 0 Å². The molecule has 0 spiro atoms. The fourth-order valence-electron chi connectivity index (χ4n) is 2.48. The minimum Gasteiger partial charge on any atom is -0.383 e. The minimum absolute atomic E-state index is 0.0306. The molecule has 0 bridgehead atoms. The maximum absolute atomic E-state index is 11.9. The first-order valence-corrected chi connectivity index (χ1v) is 7.40. The van der Waals surface area contributed by atoms with Crippen LogP contribution in [0.25, 0.3) is 0 Å². The van der Waals surface area contributed by atoms with Crippen molar-refractivity contribution in [3.05, 3.63) is 0 Å². The van der Waals surface area contributed by atoms with E-state index < -0.39 is 0 Å². The van der Waals surface area contributed by atoms with Crippen molar-refractivity contribution in [3.63, 3.8) is 0 Å². The van der Waals surface area contributed by atoms with E-state index in [4.69, 9.17) is 4.74 Å². The fraction of sp³-hybridized carbons (Fsp3) is 0.929. The van der Waals surface area contributed by atoms with E-state index in [1.807, 2.05) is 6.92 Å². The molecule has 2 N–H and O–H groups in total. The van der Waals surface area contributed by atoms with Gasteiger partial charge in [0.25, 0.3) is 0 Å². The number of carbonyl (C=O) groups is 1. The minimum atomic E-state index is -0.0306. The van der Waals surface area contributed by atoms with Gasteiger partial charge in [-0.25, -0.2) is 0 Å². The molecule has 19 heavy (non-hydrogen) atoms. The average Bonchev–Trinajstić information content (AvgIpc) is 2.45. The van der Waals surface area contributed by atoms with Crippen LogP contribution in [0.2, 0.25) is 0 Å². The molecular weight excluding hydrogens is 242 g/mol. The van der Waals surface area contributed by atoms with Crippen LogP contribution in [0.4, 0.5) is 0 Å². The summed E-state index contributed by atoms with van der Waals surface area (Å²) in [6.07, 6.45) is 2.37. The van der Waals surface area contributed by atoms with Crippen LogP contribution >= 0.6 is 0 Å². The van der Waals surface area contributed by atoms with Gasteiger partial charge >= 0.3 is 0 Å². The second-order valence-electron chi connectivity index (χ2n) is 5.25. The zero-order valence-corrected chi connectivity index (χ0v) is 12.6. The number of rotatable bonds is 8. The predicted molar refractivity (Wildman–Crippen MR) is 77.2 cm³/mol. The van der Waals surface area contributed by atoms with Crippen molar-refractivity contribution in [1.29, 1.82) is 0 Å². The highest BCUT2D eigenvalue weighted by Crippen LogP contribution is 2.18. The monoisotopic (exact) mass is 271 g/mol. The van der Waals surface area contributed by atoms with Gasteiger partial charge in [-0.15, -0.1) is 0 Å². The van der Waals surface area contributed by atoms with E-state index in [0.717, 1.165) is 32.1 Å². The summed E-state index contributed by atoms with van der Waals surface area (Å²) in [5.41, 5.74) is 0. The van der Waals surface area contributed by atoms with Gasteiger partial charge in [-0.05, 0) is 51.9 Å². The smallest absolute Gasteiger partial charge is 0.237 e. The fourth-order valence-corrected chi connectivity index (χ4v) is 2.48. The molecule has 0 aromatic rings. The van der Waals surface area contributed by atoms with Crippen molar-refractivity contribution >= 4 is 5.91 Å². The van der Waals surface area contributed by atoms with Crippen molar-refractivity contribution in [2.45, 2.75) is 32.7 Å². The zero-order valence-electron chi connectivity index (χ0n) is 12.6. The molecule has 0 aliphatic carbocycles. The zero-order chi connectivity index (χ0) is 14.1.